The zero-order valence-corrected chi connectivity index (χ0v) is 16.8. The van der Waals surface area contributed by atoms with Gasteiger partial charge in [-0.25, -0.2) is 8.78 Å². The Kier molecular flexibility index (Phi) is 5.81. The van der Waals surface area contributed by atoms with E-state index in [0.717, 1.165) is 51.0 Å². The van der Waals surface area contributed by atoms with E-state index in [2.05, 4.69) is 40.4 Å². The van der Waals surface area contributed by atoms with Gasteiger partial charge >= 0.3 is 0 Å². The van der Waals surface area contributed by atoms with Crippen molar-refractivity contribution in [3.63, 3.8) is 0 Å². The molecule has 0 aromatic heterocycles. The first-order chi connectivity index (χ1) is 14.0. The van der Waals surface area contributed by atoms with Crippen molar-refractivity contribution in [1.29, 1.82) is 0 Å². The summed E-state index contributed by atoms with van der Waals surface area (Å²) in [5.41, 5.74) is 3.96. The molecule has 0 saturated carbocycles. The molecule has 154 valence electrons. The van der Waals surface area contributed by atoms with E-state index in [-0.39, 0.29) is 17.5 Å². The molecule has 0 unspecified atom stereocenters. The predicted octanol–water partition coefficient (Wildman–Crippen LogP) is 3.91. The first kappa shape index (κ1) is 19.8. The second-order valence-electron chi connectivity index (χ2n) is 8.01. The Bertz CT molecular complexity index is 896. The number of hydrogen-bond donors (Lipinski definition) is 1. The van der Waals surface area contributed by atoms with Gasteiger partial charge in [0.25, 0.3) is 5.91 Å². The fraction of sp³-hybridized carbons (Fsp3) is 0.435. The summed E-state index contributed by atoms with van der Waals surface area (Å²) in [7, 11) is 2.11. The van der Waals surface area contributed by atoms with Crippen molar-refractivity contribution in [1.82, 2.24) is 10.2 Å². The van der Waals surface area contributed by atoms with Gasteiger partial charge in [0.05, 0.1) is 6.04 Å². The molecule has 0 spiro atoms. The third-order valence-corrected chi connectivity index (χ3v) is 6.09. The second-order valence-corrected chi connectivity index (χ2v) is 8.01. The zero-order chi connectivity index (χ0) is 20.4. The molecule has 6 heteroatoms. The van der Waals surface area contributed by atoms with Gasteiger partial charge in [-0.1, -0.05) is 18.6 Å². The molecule has 1 amide bonds. The molecule has 1 N–H and O–H groups in total. The van der Waals surface area contributed by atoms with Gasteiger partial charge in [-0.15, -0.1) is 0 Å². The van der Waals surface area contributed by atoms with E-state index in [4.69, 9.17) is 0 Å². The molecule has 4 nitrogen and oxygen atoms in total. The number of piperidine rings is 1. The van der Waals surface area contributed by atoms with Crippen molar-refractivity contribution in [2.75, 3.05) is 38.1 Å². The number of amides is 1. The molecule has 2 aliphatic rings. The number of fused-ring (bicyclic) bond motifs is 1. The maximum atomic E-state index is 13.5. The Morgan fingerprint density at radius 3 is 2.59 bits per heavy atom. The summed E-state index contributed by atoms with van der Waals surface area (Å²) < 4.78 is 26.6. The Morgan fingerprint density at radius 1 is 1.03 bits per heavy atom. The third-order valence-electron chi connectivity index (χ3n) is 6.09. The van der Waals surface area contributed by atoms with Gasteiger partial charge in [0.15, 0.2) is 11.6 Å². The van der Waals surface area contributed by atoms with Crippen molar-refractivity contribution in [3.05, 3.63) is 64.7 Å². The van der Waals surface area contributed by atoms with Crippen LogP contribution in [-0.4, -0.2) is 44.0 Å². The molecule has 0 aliphatic carbocycles. The zero-order valence-electron chi connectivity index (χ0n) is 16.8. The molecule has 1 atom stereocenters. The summed E-state index contributed by atoms with van der Waals surface area (Å²) in [6, 6.07) is 9.92. The van der Waals surface area contributed by atoms with Gasteiger partial charge in [0, 0.05) is 31.4 Å². The third kappa shape index (κ3) is 4.27. The number of carbonyl (C=O) groups excluding carboxylic acids is 1. The molecule has 1 saturated heterocycles. The number of nitrogens with one attached hydrogen (secondary N) is 1. The van der Waals surface area contributed by atoms with Crippen LogP contribution in [0.4, 0.5) is 14.5 Å². The highest BCUT2D eigenvalue weighted by Gasteiger charge is 2.25. The number of halogens is 2. The van der Waals surface area contributed by atoms with E-state index < -0.39 is 11.6 Å². The lowest BCUT2D eigenvalue weighted by molar-refractivity contribution is 0.0924. The number of likely N-dealkylation sites (N-methyl/N-ethyl adjacent to an activating group) is 1. The van der Waals surface area contributed by atoms with Crippen molar-refractivity contribution in [3.8, 4) is 0 Å². The molecule has 0 bridgehead atoms. The fourth-order valence-corrected chi connectivity index (χ4v) is 4.41. The van der Waals surface area contributed by atoms with Gasteiger partial charge in [-0.3, -0.25) is 9.69 Å². The summed E-state index contributed by atoms with van der Waals surface area (Å²) in [6.45, 7) is 3.47. The van der Waals surface area contributed by atoms with Gasteiger partial charge in [0.1, 0.15) is 0 Å². The van der Waals surface area contributed by atoms with E-state index in [1.165, 1.54) is 29.3 Å². The smallest absolute Gasteiger partial charge is 0.251 e. The maximum absolute atomic E-state index is 13.5. The van der Waals surface area contributed by atoms with Crippen molar-refractivity contribution in [2.24, 2.45) is 0 Å². The lowest BCUT2D eigenvalue weighted by Gasteiger charge is -2.35. The molecule has 2 aromatic carbocycles. The van der Waals surface area contributed by atoms with Crippen molar-refractivity contribution < 1.29 is 13.6 Å². The van der Waals surface area contributed by atoms with E-state index in [1.54, 1.807) is 0 Å². The summed E-state index contributed by atoms with van der Waals surface area (Å²) in [6.07, 6.45) is 4.58. The van der Waals surface area contributed by atoms with Gasteiger partial charge in [0.2, 0.25) is 0 Å². The number of benzene rings is 2. The van der Waals surface area contributed by atoms with Crippen LogP contribution in [0.15, 0.2) is 36.4 Å². The van der Waals surface area contributed by atoms with Gasteiger partial charge < -0.3 is 10.2 Å². The van der Waals surface area contributed by atoms with Crippen LogP contribution in [0.5, 0.6) is 0 Å². The standard InChI is InChI=1S/C23H27F2N3O/c1-27-12-9-17-13-16(6-8-21(17)27)22(28-10-3-2-4-11-28)15-26-23(29)18-5-7-19(24)20(25)14-18/h5-8,13-14,22H,2-4,9-12,15H2,1H3,(H,26,29)/t22-/m1/s1. The molecular formula is C23H27F2N3O. The number of rotatable bonds is 5. The second kappa shape index (κ2) is 8.49. The quantitative estimate of drug-likeness (QED) is 0.828. The fourth-order valence-electron chi connectivity index (χ4n) is 4.41. The molecule has 0 radical (unpaired) electrons. The Labute approximate surface area is 170 Å². The highest BCUT2D eigenvalue weighted by atomic mass is 19.2. The van der Waals surface area contributed by atoms with E-state index >= 15 is 0 Å². The predicted molar refractivity (Wildman–Crippen MR) is 110 cm³/mol. The van der Waals surface area contributed by atoms with Crippen LogP contribution in [0.25, 0.3) is 0 Å². The Balaban J connectivity index is 1.53. The molecule has 29 heavy (non-hydrogen) atoms. The SMILES string of the molecule is CN1CCc2cc([C@@H](CNC(=O)c3ccc(F)c(F)c3)N3CCCCC3)ccc21. The summed E-state index contributed by atoms with van der Waals surface area (Å²) in [4.78, 5) is 17.2. The van der Waals surface area contributed by atoms with Crippen LogP contribution in [-0.2, 0) is 6.42 Å². The maximum Gasteiger partial charge on any atom is 0.251 e. The highest BCUT2D eigenvalue weighted by Crippen LogP contribution is 2.32. The molecule has 2 aromatic rings. The average molecular weight is 399 g/mol. The van der Waals surface area contributed by atoms with E-state index in [0.29, 0.717) is 6.54 Å². The van der Waals surface area contributed by atoms with Crippen molar-refractivity contribution in [2.45, 2.75) is 31.7 Å². The lowest BCUT2D eigenvalue weighted by Crippen LogP contribution is -2.40. The largest absolute Gasteiger partial charge is 0.374 e. The van der Waals surface area contributed by atoms with Crippen LogP contribution < -0.4 is 10.2 Å². The number of anilines is 1. The molecule has 4 rings (SSSR count). The summed E-state index contributed by atoms with van der Waals surface area (Å²) in [5, 5.41) is 2.94. The minimum atomic E-state index is -1.01. The summed E-state index contributed by atoms with van der Waals surface area (Å²) >= 11 is 0. The van der Waals surface area contributed by atoms with E-state index in [1.807, 2.05) is 0 Å². The van der Waals surface area contributed by atoms with Crippen LogP contribution in [0.1, 0.15) is 46.8 Å². The number of nitrogens with zero attached hydrogens (tertiary/aromatic N) is 2. The molecule has 1 fully saturated rings. The number of carbonyl (C=O) groups is 1. The van der Waals surface area contributed by atoms with Crippen LogP contribution >= 0.6 is 0 Å². The number of hydrogen-bond acceptors (Lipinski definition) is 3. The molecule has 2 aliphatic heterocycles. The first-order valence-corrected chi connectivity index (χ1v) is 10.3. The normalized spacial score (nSPS) is 17.8. The lowest BCUT2D eigenvalue weighted by atomic mass is 9.98. The highest BCUT2D eigenvalue weighted by molar-refractivity contribution is 5.94. The summed E-state index contributed by atoms with van der Waals surface area (Å²) in [5.74, 6) is -2.34. The minimum absolute atomic E-state index is 0.0701. The Hall–Kier alpha value is -2.47. The topological polar surface area (TPSA) is 35.6 Å². The van der Waals surface area contributed by atoms with Crippen LogP contribution in [0, 0.1) is 11.6 Å². The molecular weight excluding hydrogens is 372 g/mol. The van der Waals surface area contributed by atoms with Crippen LogP contribution in [0.3, 0.4) is 0 Å². The van der Waals surface area contributed by atoms with E-state index in [9.17, 15) is 13.6 Å². The van der Waals surface area contributed by atoms with Gasteiger partial charge in [-0.2, -0.15) is 0 Å². The van der Waals surface area contributed by atoms with Crippen LogP contribution in [0.2, 0.25) is 0 Å². The van der Waals surface area contributed by atoms with Gasteiger partial charge in [-0.05, 0) is 67.7 Å². The first-order valence-electron chi connectivity index (χ1n) is 10.3. The Morgan fingerprint density at radius 2 is 1.83 bits per heavy atom. The minimum Gasteiger partial charge on any atom is -0.374 e. The monoisotopic (exact) mass is 399 g/mol. The van der Waals surface area contributed by atoms with Crippen molar-refractivity contribution >= 4 is 11.6 Å². The average Bonchev–Trinajstić information content (AvgIpc) is 3.11. The number of likely N-dealkylation sites (tertiary alicyclic amines) is 1. The molecule has 2 heterocycles.